The van der Waals surface area contributed by atoms with Gasteiger partial charge in [-0.05, 0) is 44.2 Å². The minimum absolute atomic E-state index is 0.00779. The number of piperidine rings is 1. The molecular formula is C22H36N3O3+. The van der Waals surface area contributed by atoms with Gasteiger partial charge in [-0.3, -0.25) is 9.59 Å². The Bertz CT molecular complexity index is 606. The molecule has 3 atom stereocenters. The van der Waals surface area contributed by atoms with Crippen LogP contribution in [-0.4, -0.2) is 50.1 Å². The van der Waals surface area contributed by atoms with Crippen molar-refractivity contribution in [2.24, 2.45) is 5.92 Å². The van der Waals surface area contributed by atoms with Crippen LogP contribution in [0.1, 0.15) is 46.5 Å². The molecule has 1 fully saturated rings. The SMILES string of the molecule is CC(C)[C@H](NC(=O)COc1ccccc1)C(=O)NCCC[NH+]1CCCC[C@H]1C. The van der Waals surface area contributed by atoms with E-state index in [9.17, 15) is 9.59 Å². The summed E-state index contributed by atoms with van der Waals surface area (Å²) in [6.45, 7) is 9.05. The molecule has 0 aliphatic carbocycles. The van der Waals surface area contributed by atoms with Crippen LogP contribution in [0, 0.1) is 5.92 Å². The highest BCUT2D eigenvalue weighted by Crippen LogP contribution is 2.08. The van der Waals surface area contributed by atoms with Crippen molar-refractivity contribution in [1.82, 2.24) is 10.6 Å². The number of likely N-dealkylation sites (tertiary alicyclic amines) is 1. The molecule has 2 amide bonds. The van der Waals surface area contributed by atoms with Crippen LogP contribution in [-0.2, 0) is 9.59 Å². The smallest absolute Gasteiger partial charge is 0.258 e. The fraction of sp³-hybridized carbons (Fsp3) is 0.636. The highest BCUT2D eigenvalue weighted by molar-refractivity contribution is 5.88. The molecule has 1 unspecified atom stereocenters. The highest BCUT2D eigenvalue weighted by Gasteiger charge is 2.25. The Kier molecular flexibility index (Phi) is 9.28. The Morgan fingerprint density at radius 2 is 1.96 bits per heavy atom. The maximum atomic E-state index is 12.5. The fourth-order valence-electron chi connectivity index (χ4n) is 3.68. The number of benzene rings is 1. The van der Waals surface area contributed by atoms with Crippen LogP contribution in [0.5, 0.6) is 5.75 Å². The van der Waals surface area contributed by atoms with Gasteiger partial charge in [-0.1, -0.05) is 32.0 Å². The van der Waals surface area contributed by atoms with E-state index in [1.54, 1.807) is 17.0 Å². The number of hydrogen-bond acceptors (Lipinski definition) is 3. The molecule has 3 N–H and O–H groups in total. The topological polar surface area (TPSA) is 71.9 Å². The number of para-hydroxylation sites is 1. The first-order chi connectivity index (χ1) is 13.5. The van der Waals surface area contributed by atoms with Gasteiger partial charge in [0.1, 0.15) is 11.8 Å². The summed E-state index contributed by atoms with van der Waals surface area (Å²) in [4.78, 5) is 26.4. The van der Waals surface area contributed by atoms with Gasteiger partial charge in [0.25, 0.3) is 5.91 Å². The molecule has 156 valence electrons. The van der Waals surface area contributed by atoms with Crippen LogP contribution in [0.4, 0.5) is 0 Å². The van der Waals surface area contributed by atoms with Crippen LogP contribution < -0.4 is 20.3 Å². The van der Waals surface area contributed by atoms with Gasteiger partial charge in [-0.25, -0.2) is 0 Å². The number of hydrogen-bond donors (Lipinski definition) is 3. The molecule has 28 heavy (non-hydrogen) atoms. The first kappa shape index (κ1) is 22.2. The van der Waals surface area contributed by atoms with Gasteiger partial charge >= 0.3 is 0 Å². The molecule has 1 heterocycles. The van der Waals surface area contributed by atoms with Crippen LogP contribution >= 0.6 is 0 Å². The Hall–Kier alpha value is -2.08. The second kappa shape index (κ2) is 11.7. The van der Waals surface area contributed by atoms with Crippen molar-refractivity contribution in [3.05, 3.63) is 30.3 Å². The monoisotopic (exact) mass is 390 g/mol. The minimum Gasteiger partial charge on any atom is -0.484 e. The molecule has 0 aromatic heterocycles. The predicted molar refractivity (Wildman–Crippen MR) is 110 cm³/mol. The Balaban J connectivity index is 1.70. The number of carbonyl (C=O) groups is 2. The van der Waals surface area contributed by atoms with Crippen LogP contribution in [0.25, 0.3) is 0 Å². The van der Waals surface area contributed by atoms with Gasteiger partial charge in [0.05, 0.1) is 19.1 Å². The fourth-order valence-corrected chi connectivity index (χ4v) is 3.68. The van der Waals surface area contributed by atoms with Gasteiger partial charge in [-0.15, -0.1) is 0 Å². The number of ether oxygens (including phenoxy) is 1. The molecule has 6 nitrogen and oxygen atoms in total. The van der Waals surface area contributed by atoms with Crippen LogP contribution in [0.15, 0.2) is 30.3 Å². The molecule has 0 saturated carbocycles. The van der Waals surface area contributed by atoms with E-state index in [0.29, 0.717) is 12.3 Å². The molecule has 0 radical (unpaired) electrons. The lowest BCUT2D eigenvalue weighted by molar-refractivity contribution is -0.928. The van der Waals surface area contributed by atoms with Crippen molar-refractivity contribution >= 4 is 11.8 Å². The quantitative estimate of drug-likeness (QED) is 0.525. The number of amides is 2. The van der Waals surface area contributed by atoms with E-state index in [4.69, 9.17) is 4.74 Å². The Morgan fingerprint density at radius 1 is 1.21 bits per heavy atom. The van der Waals surface area contributed by atoms with Gasteiger partial charge in [0.2, 0.25) is 5.91 Å². The van der Waals surface area contributed by atoms with Crippen LogP contribution in [0.2, 0.25) is 0 Å². The first-order valence-electron chi connectivity index (χ1n) is 10.6. The van der Waals surface area contributed by atoms with Crippen molar-refractivity contribution in [3.8, 4) is 5.75 Å². The van der Waals surface area contributed by atoms with E-state index in [-0.39, 0.29) is 24.3 Å². The van der Waals surface area contributed by atoms with Gasteiger partial charge in [-0.2, -0.15) is 0 Å². The van der Waals surface area contributed by atoms with Crippen molar-refractivity contribution in [3.63, 3.8) is 0 Å². The summed E-state index contributed by atoms with van der Waals surface area (Å²) >= 11 is 0. The van der Waals surface area contributed by atoms with Gasteiger partial charge in [0.15, 0.2) is 6.61 Å². The van der Waals surface area contributed by atoms with Gasteiger partial charge < -0.3 is 20.3 Å². The molecule has 1 aromatic rings. The average Bonchev–Trinajstić information content (AvgIpc) is 2.69. The molecule has 1 aromatic carbocycles. The number of nitrogens with one attached hydrogen (secondary N) is 3. The van der Waals surface area contributed by atoms with Crippen LogP contribution in [0.3, 0.4) is 0 Å². The van der Waals surface area contributed by atoms with Crippen molar-refractivity contribution in [1.29, 1.82) is 0 Å². The molecule has 1 aliphatic heterocycles. The first-order valence-corrected chi connectivity index (χ1v) is 10.6. The predicted octanol–water partition coefficient (Wildman–Crippen LogP) is 1.17. The summed E-state index contributed by atoms with van der Waals surface area (Å²) in [7, 11) is 0. The standard InChI is InChI=1S/C22H35N3O3/c1-17(2)21(24-20(26)16-28-19-11-5-4-6-12-19)22(27)23-13-9-15-25-14-8-7-10-18(25)3/h4-6,11-12,17-18,21H,7-10,13-16H2,1-3H3,(H,23,27)(H,24,26)/p+1/t18-,21+/m1/s1. The molecule has 2 rings (SSSR count). The van der Waals surface area contributed by atoms with E-state index >= 15 is 0 Å². The maximum absolute atomic E-state index is 12.5. The molecular weight excluding hydrogens is 354 g/mol. The Morgan fingerprint density at radius 3 is 2.64 bits per heavy atom. The van der Waals surface area contributed by atoms with E-state index in [1.165, 1.54) is 25.8 Å². The average molecular weight is 391 g/mol. The maximum Gasteiger partial charge on any atom is 0.258 e. The van der Waals surface area contributed by atoms with E-state index in [2.05, 4.69) is 17.6 Å². The molecule has 6 heteroatoms. The molecule has 0 bridgehead atoms. The lowest BCUT2D eigenvalue weighted by Gasteiger charge is -2.30. The molecule has 1 saturated heterocycles. The second-order valence-electron chi connectivity index (χ2n) is 8.09. The Labute approximate surface area is 169 Å². The third kappa shape index (κ3) is 7.50. The zero-order chi connectivity index (χ0) is 20.4. The third-order valence-corrected chi connectivity index (χ3v) is 5.43. The summed E-state index contributed by atoms with van der Waals surface area (Å²) in [5.41, 5.74) is 0. The second-order valence-corrected chi connectivity index (χ2v) is 8.09. The lowest BCUT2D eigenvalue weighted by Crippen LogP contribution is -3.16. The normalized spacial score (nSPS) is 20.4. The number of carbonyl (C=O) groups excluding carboxylic acids is 2. The summed E-state index contributed by atoms with van der Waals surface area (Å²) in [5, 5.41) is 5.79. The van der Waals surface area contributed by atoms with Gasteiger partial charge in [0, 0.05) is 13.0 Å². The van der Waals surface area contributed by atoms with E-state index < -0.39 is 6.04 Å². The molecule has 1 aliphatic rings. The highest BCUT2D eigenvalue weighted by atomic mass is 16.5. The van der Waals surface area contributed by atoms with Crippen molar-refractivity contribution in [2.75, 3.05) is 26.2 Å². The summed E-state index contributed by atoms with van der Waals surface area (Å²) < 4.78 is 5.46. The van der Waals surface area contributed by atoms with Crippen molar-refractivity contribution in [2.45, 2.75) is 58.5 Å². The molecule has 0 spiro atoms. The van der Waals surface area contributed by atoms with E-state index in [0.717, 1.165) is 19.0 Å². The third-order valence-electron chi connectivity index (χ3n) is 5.43. The van der Waals surface area contributed by atoms with E-state index in [1.807, 2.05) is 32.0 Å². The number of rotatable bonds is 10. The van der Waals surface area contributed by atoms with Crippen molar-refractivity contribution < 1.29 is 19.2 Å². The summed E-state index contributed by atoms with van der Waals surface area (Å²) in [6, 6.07) is 9.36. The minimum atomic E-state index is -0.548. The summed E-state index contributed by atoms with van der Waals surface area (Å²) in [5.74, 6) is 0.236. The summed E-state index contributed by atoms with van der Waals surface area (Å²) in [6.07, 6.45) is 4.90. The largest absolute Gasteiger partial charge is 0.484 e. The lowest BCUT2D eigenvalue weighted by atomic mass is 10.0. The zero-order valence-electron chi connectivity index (χ0n) is 17.5. The zero-order valence-corrected chi connectivity index (χ0v) is 17.5. The number of quaternary nitrogens is 1.